The highest BCUT2D eigenvalue weighted by Gasteiger charge is 2.43. The lowest BCUT2D eigenvalue weighted by molar-refractivity contribution is -0.143. The molecular formula is C14H15NO3. The zero-order valence-electron chi connectivity index (χ0n) is 10.0. The van der Waals surface area contributed by atoms with E-state index in [2.05, 4.69) is 5.32 Å². The van der Waals surface area contributed by atoms with Crippen LogP contribution in [-0.4, -0.2) is 17.0 Å². The number of fused-ring (bicyclic) bond motifs is 1. The van der Waals surface area contributed by atoms with Crippen molar-refractivity contribution in [2.24, 2.45) is 0 Å². The zero-order chi connectivity index (χ0) is 12.8. The van der Waals surface area contributed by atoms with Crippen molar-refractivity contribution in [3.05, 3.63) is 29.3 Å². The lowest BCUT2D eigenvalue weighted by Crippen LogP contribution is -2.32. The SMILES string of the molecule is O=C1Cc2cc(C3(C(=O)O)CCCC3)ccc2N1. The van der Waals surface area contributed by atoms with Gasteiger partial charge >= 0.3 is 5.97 Å². The van der Waals surface area contributed by atoms with E-state index in [0.29, 0.717) is 19.3 Å². The molecule has 0 radical (unpaired) electrons. The summed E-state index contributed by atoms with van der Waals surface area (Å²) in [5.74, 6) is -0.754. The number of aliphatic carboxylic acids is 1. The molecule has 0 bridgehead atoms. The molecule has 1 amide bonds. The molecule has 1 heterocycles. The topological polar surface area (TPSA) is 66.4 Å². The van der Waals surface area contributed by atoms with E-state index in [9.17, 15) is 14.7 Å². The number of carbonyl (C=O) groups is 2. The quantitative estimate of drug-likeness (QED) is 0.838. The second-order valence-corrected chi connectivity index (χ2v) is 5.19. The Labute approximate surface area is 105 Å². The molecule has 1 aromatic rings. The summed E-state index contributed by atoms with van der Waals surface area (Å²) in [5, 5.41) is 12.3. The molecule has 1 aliphatic carbocycles. The molecule has 0 spiro atoms. The Hall–Kier alpha value is -1.84. The van der Waals surface area contributed by atoms with Crippen LogP contribution in [0.2, 0.25) is 0 Å². The normalized spacial score (nSPS) is 20.6. The lowest BCUT2D eigenvalue weighted by atomic mass is 9.78. The summed E-state index contributed by atoms with van der Waals surface area (Å²) in [4.78, 5) is 22.9. The van der Waals surface area contributed by atoms with Crippen molar-refractivity contribution in [3.8, 4) is 0 Å². The number of carboxylic acid groups (broad SMARTS) is 1. The predicted molar refractivity (Wildman–Crippen MR) is 66.6 cm³/mol. The molecule has 94 valence electrons. The summed E-state index contributed by atoms with van der Waals surface area (Å²) < 4.78 is 0. The molecular weight excluding hydrogens is 230 g/mol. The molecule has 4 heteroatoms. The van der Waals surface area contributed by atoms with E-state index in [0.717, 1.165) is 29.7 Å². The molecule has 0 saturated heterocycles. The van der Waals surface area contributed by atoms with Crippen LogP contribution < -0.4 is 5.32 Å². The maximum atomic E-state index is 11.6. The highest BCUT2D eigenvalue weighted by molar-refractivity contribution is 5.99. The van der Waals surface area contributed by atoms with Crippen molar-refractivity contribution in [2.75, 3.05) is 5.32 Å². The van der Waals surface area contributed by atoms with Crippen molar-refractivity contribution < 1.29 is 14.7 Å². The number of amides is 1. The van der Waals surface area contributed by atoms with E-state index in [-0.39, 0.29) is 5.91 Å². The number of benzene rings is 1. The van der Waals surface area contributed by atoms with Crippen LogP contribution in [0.5, 0.6) is 0 Å². The van der Waals surface area contributed by atoms with Gasteiger partial charge in [-0.3, -0.25) is 9.59 Å². The van der Waals surface area contributed by atoms with Crippen molar-refractivity contribution >= 4 is 17.6 Å². The number of nitrogens with one attached hydrogen (secondary N) is 1. The maximum Gasteiger partial charge on any atom is 0.314 e. The van der Waals surface area contributed by atoms with Crippen molar-refractivity contribution in [1.82, 2.24) is 0 Å². The summed E-state index contributed by atoms with van der Waals surface area (Å²) in [6.07, 6.45) is 3.67. The van der Waals surface area contributed by atoms with E-state index in [1.54, 1.807) is 0 Å². The molecule has 3 rings (SSSR count). The molecule has 0 atom stereocenters. The maximum absolute atomic E-state index is 11.6. The molecule has 18 heavy (non-hydrogen) atoms. The molecule has 1 fully saturated rings. The molecule has 2 aliphatic rings. The third kappa shape index (κ3) is 1.52. The van der Waals surface area contributed by atoms with Gasteiger partial charge in [0, 0.05) is 5.69 Å². The first-order chi connectivity index (χ1) is 8.62. The van der Waals surface area contributed by atoms with Crippen LogP contribution in [0.4, 0.5) is 5.69 Å². The van der Waals surface area contributed by atoms with Gasteiger partial charge < -0.3 is 10.4 Å². The van der Waals surface area contributed by atoms with Crippen molar-refractivity contribution in [1.29, 1.82) is 0 Å². The van der Waals surface area contributed by atoms with Gasteiger partial charge in [-0.25, -0.2) is 0 Å². The van der Waals surface area contributed by atoms with E-state index in [4.69, 9.17) is 0 Å². The second kappa shape index (κ2) is 3.83. The number of carboxylic acids is 1. The van der Waals surface area contributed by atoms with Gasteiger partial charge in [0.1, 0.15) is 0 Å². The molecule has 2 N–H and O–H groups in total. The van der Waals surface area contributed by atoms with Crippen LogP contribution in [0.3, 0.4) is 0 Å². The summed E-state index contributed by atoms with van der Waals surface area (Å²) in [6, 6.07) is 5.58. The van der Waals surface area contributed by atoms with Crippen LogP contribution >= 0.6 is 0 Å². The molecule has 0 aromatic heterocycles. The third-order valence-corrected chi connectivity index (χ3v) is 4.15. The van der Waals surface area contributed by atoms with Gasteiger partial charge in [0.05, 0.1) is 11.8 Å². The fourth-order valence-corrected chi connectivity index (χ4v) is 3.13. The zero-order valence-corrected chi connectivity index (χ0v) is 10.0. The monoisotopic (exact) mass is 245 g/mol. The summed E-state index contributed by atoms with van der Waals surface area (Å²) in [5.41, 5.74) is 1.86. The van der Waals surface area contributed by atoms with Crippen LogP contribution in [0.25, 0.3) is 0 Å². The van der Waals surface area contributed by atoms with Crippen molar-refractivity contribution in [3.63, 3.8) is 0 Å². The summed E-state index contributed by atoms with van der Waals surface area (Å²) in [6.45, 7) is 0. The Balaban J connectivity index is 2.04. The Kier molecular flexibility index (Phi) is 2.40. The summed E-state index contributed by atoms with van der Waals surface area (Å²) in [7, 11) is 0. The standard InChI is InChI=1S/C14H15NO3/c16-12-8-9-7-10(3-4-11(9)15-12)14(13(17)18)5-1-2-6-14/h3-4,7H,1-2,5-6,8H2,(H,15,16)(H,17,18). The summed E-state index contributed by atoms with van der Waals surface area (Å²) >= 11 is 0. The second-order valence-electron chi connectivity index (χ2n) is 5.19. The Bertz CT molecular complexity index is 530. The molecule has 1 saturated carbocycles. The van der Waals surface area contributed by atoms with Crippen LogP contribution in [-0.2, 0) is 21.4 Å². The average Bonchev–Trinajstić information content (AvgIpc) is 2.92. The van der Waals surface area contributed by atoms with Crippen LogP contribution in [0.1, 0.15) is 36.8 Å². The van der Waals surface area contributed by atoms with Crippen molar-refractivity contribution in [2.45, 2.75) is 37.5 Å². The predicted octanol–water partition coefficient (Wildman–Crippen LogP) is 2.08. The third-order valence-electron chi connectivity index (χ3n) is 4.15. The largest absolute Gasteiger partial charge is 0.481 e. The van der Waals surface area contributed by atoms with Gasteiger partial charge in [0.15, 0.2) is 0 Å². The Morgan fingerprint density at radius 3 is 2.67 bits per heavy atom. The van der Waals surface area contributed by atoms with E-state index in [1.165, 1.54) is 0 Å². The minimum Gasteiger partial charge on any atom is -0.481 e. The first-order valence-electron chi connectivity index (χ1n) is 6.28. The molecule has 1 aromatic carbocycles. The van der Waals surface area contributed by atoms with Crippen LogP contribution in [0, 0.1) is 0 Å². The van der Waals surface area contributed by atoms with Gasteiger partial charge in [0.2, 0.25) is 5.91 Å². The lowest BCUT2D eigenvalue weighted by Gasteiger charge is -2.24. The first-order valence-corrected chi connectivity index (χ1v) is 6.28. The first kappa shape index (κ1) is 11.3. The minimum absolute atomic E-state index is 0.0158. The van der Waals surface area contributed by atoms with Crippen LogP contribution in [0.15, 0.2) is 18.2 Å². The fraction of sp³-hybridized carbons (Fsp3) is 0.429. The van der Waals surface area contributed by atoms with Gasteiger partial charge in [-0.05, 0) is 30.0 Å². The van der Waals surface area contributed by atoms with Gasteiger partial charge in [-0.1, -0.05) is 25.0 Å². The number of carbonyl (C=O) groups excluding carboxylic acids is 1. The smallest absolute Gasteiger partial charge is 0.314 e. The van der Waals surface area contributed by atoms with Gasteiger partial charge in [-0.2, -0.15) is 0 Å². The number of hydrogen-bond donors (Lipinski definition) is 2. The Morgan fingerprint density at radius 2 is 2.00 bits per heavy atom. The number of hydrogen-bond acceptors (Lipinski definition) is 2. The van der Waals surface area contributed by atoms with Gasteiger partial charge in [0.25, 0.3) is 0 Å². The number of anilines is 1. The minimum atomic E-state index is -0.739. The van der Waals surface area contributed by atoms with Gasteiger partial charge in [-0.15, -0.1) is 0 Å². The molecule has 1 aliphatic heterocycles. The highest BCUT2D eigenvalue weighted by atomic mass is 16.4. The fourth-order valence-electron chi connectivity index (χ4n) is 3.13. The van der Waals surface area contributed by atoms with E-state index in [1.807, 2.05) is 18.2 Å². The van der Waals surface area contributed by atoms with E-state index >= 15 is 0 Å². The molecule has 4 nitrogen and oxygen atoms in total. The average molecular weight is 245 g/mol. The Morgan fingerprint density at radius 1 is 1.28 bits per heavy atom. The molecule has 0 unspecified atom stereocenters. The number of rotatable bonds is 2. The van der Waals surface area contributed by atoms with E-state index < -0.39 is 11.4 Å². The highest BCUT2D eigenvalue weighted by Crippen LogP contribution is 2.42.